The fourth-order valence-corrected chi connectivity index (χ4v) is 3.02. The normalized spacial score (nSPS) is 14.0. The van der Waals surface area contributed by atoms with Gasteiger partial charge in [-0.25, -0.2) is 4.39 Å². The summed E-state index contributed by atoms with van der Waals surface area (Å²) in [5.74, 6) is -0.184. The first-order chi connectivity index (χ1) is 9.61. The van der Waals surface area contributed by atoms with Crippen molar-refractivity contribution in [2.24, 2.45) is 0 Å². The largest absolute Gasteiger partial charge is 0.303 e. The Labute approximate surface area is 128 Å². The van der Waals surface area contributed by atoms with Crippen molar-refractivity contribution < 1.29 is 4.39 Å². The van der Waals surface area contributed by atoms with E-state index in [9.17, 15) is 4.39 Å². The second-order valence-corrected chi connectivity index (χ2v) is 5.78. The maximum absolute atomic E-state index is 13.4. The zero-order chi connectivity index (χ0) is 14.5. The van der Waals surface area contributed by atoms with Crippen molar-refractivity contribution in [1.82, 2.24) is 5.32 Å². The van der Waals surface area contributed by atoms with Crippen LogP contribution in [-0.2, 0) is 0 Å². The lowest BCUT2D eigenvalue weighted by atomic mass is 10.0. The SMILES string of the molecule is CCC(N[C@H](C)c1ccccc1Br)c1cccc(F)c1. The number of halogens is 2. The molecule has 0 spiro atoms. The molecule has 0 aliphatic rings. The molecule has 2 rings (SSSR count). The predicted molar refractivity (Wildman–Crippen MR) is 85.1 cm³/mol. The molecule has 0 aliphatic carbocycles. The summed E-state index contributed by atoms with van der Waals surface area (Å²) in [6, 6.07) is 15.3. The van der Waals surface area contributed by atoms with Gasteiger partial charge in [0.1, 0.15) is 5.82 Å². The highest BCUT2D eigenvalue weighted by atomic mass is 79.9. The first-order valence-corrected chi connectivity index (χ1v) is 7.67. The van der Waals surface area contributed by atoms with Crippen LogP contribution in [0.4, 0.5) is 4.39 Å². The fraction of sp³-hybridized carbons (Fsp3) is 0.294. The lowest BCUT2D eigenvalue weighted by molar-refractivity contribution is 0.453. The molecule has 0 bridgehead atoms. The van der Waals surface area contributed by atoms with Crippen LogP contribution < -0.4 is 5.32 Å². The van der Waals surface area contributed by atoms with Crippen molar-refractivity contribution in [3.05, 3.63) is 69.9 Å². The number of benzene rings is 2. The maximum atomic E-state index is 13.4. The molecular formula is C17H19BrFN. The van der Waals surface area contributed by atoms with E-state index in [-0.39, 0.29) is 17.9 Å². The van der Waals surface area contributed by atoms with Gasteiger partial charge in [0.15, 0.2) is 0 Å². The van der Waals surface area contributed by atoms with Gasteiger partial charge in [0, 0.05) is 16.6 Å². The van der Waals surface area contributed by atoms with E-state index in [1.807, 2.05) is 24.3 Å². The van der Waals surface area contributed by atoms with Crippen molar-refractivity contribution in [3.8, 4) is 0 Å². The van der Waals surface area contributed by atoms with Crippen LogP contribution in [0.15, 0.2) is 53.0 Å². The van der Waals surface area contributed by atoms with E-state index in [1.54, 1.807) is 12.1 Å². The molecule has 0 saturated heterocycles. The molecular weight excluding hydrogens is 317 g/mol. The van der Waals surface area contributed by atoms with E-state index in [1.165, 1.54) is 11.6 Å². The molecule has 1 nitrogen and oxygen atoms in total. The number of nitrogens with one attached hydrogen (secondary N) is 1. The van der Waals surface area contributed by atoms with Gasteiger partial charge >= 0.3 is 0 Å². The van der Waals surface area contributed by atoms with Gasteiger partial charge in [-0.15, -0.1) is 0 Å². The highest BCUT2D eigenvalue weighted by molar-refractivity contribution is 9.10. The van der Waals surface area contributed by atoms with Crippen molar-refractivity contribution in [2.75, 3.05) is 0 Å². The van der Waals surface area contributed by atoms with E-state index in [2.05, 4.69) is 41.2 Å². The zero-order valence-electron chi connectivity index (χ0n) is 11.7. The summed E-state index contributed by atoms with van der Waals surface area (Å²) in [6.45, 7) is 4.23. The number of hydrogen-bond donors (Lipinski definition) is 1. The Balaban J connectivity index is 2.16. The molecule has 0 aromatic heterocycles. The Morgan fingerprint density at radius 1 is 1.15 bits per heavy atom. The van der Waals surface area contributed by atoms with E-state index in [0.29, 0.717) is 0 Å². The van der Waals surface area contributed by atoms with E-state index in [0.717, 1.165) is 16.5 Å². The van der Waals surface area contributed by atoms with Crippen molar-refractivity contribution in [2.45, 2.75) is 32.4 Å². The summed E-state index contributed by atoms with van der Waals surface area (Å²) in [5, 5.41) is 3.57. The van der Waals surface area contributed by atoms with Crippen LogP contribution in [0.1, 0.15) is 43.5 Å². The van der Waals surface area contributed by atoms with Gasteiger partial charge in [-0.1, -0.05) is 53.2 Å². The van der Waals surface area contributed by atoms with Gasteiger partial charge in [-0.2, -0.15) is 0 Å². The average Bonchev–Trinajstić information content (AvgIpc) is 2.45. The van der Waals surface area contributed by atoms with Crippen molar-refractivity contribution in [1.29, 1.82) is 0 Å². The Morgan fingerprint density at radius 3 is 2.55 bits per heavy atom. The summed E-state index contributed by atoms with van der Waals surface area (Å²) in [5.41, 5.74) is 2.20. The average molecular weight is 336 g/mol. The summed E-state index contributed by atoms with van der Waals surface area (Å²) in [4.78, 5) is 0. The van der Waals surface area contributed by atoms with Crippen LogP contribution in [0.25, 0.3) is 0 Å². The third-order valence-corrected chi connectivity index (χ3v) is 4.20. The molecule has 2 aromatic carbocycles. The summed E-state index contributed by atoms with van der Waals surface area (Å²) < 4.78 is 14.4. The first-order valence-electron chi connectivity index (χ1n) is 6.87. The molecule has 2 aromatic rings. The summed E-state index contributed by atoms with van der Waals surface area (Å²) in [7, 11) is 0. The molecule has 0 fully saturated rings. The maximum Gasteiger partial charge on any atom is 0.123 e. The first kappa shape index (κ1) is 15.2. The minimum Gasteiger partial charge on any atom is -0.303 e. The highest BCUT2D eigenvalue weighted by Crippen LogP contribution is 2.27. The Kier molecular flexibility index (Phi) is 5.32. The monoisotopic (exact) mass is 335 g/mol. The van der Waals surface area contributed by atoms with Crippen LogP contribution in [0.2, 0.25) is 0 Å². The molecule has 20 heavy (non-hydrogen) atoms. The third kappa shape index (κ3) is 3.68. The molecule has 3 heteroatoms. The lowest BCUT2D eigenvalue weighted by Crippen LogP contribution is -2.24. The molecule has 1 unspecified atom stereocenters. The molecule has 0 heterocycles. The fourth-order valence-electron chi connectivity index (χ4n) is 2.39. The van der Waals surface area contributed by atoms with Crippen molar-refractivity contribution in [3.63, 3.8) is 0 Å². The Hall–Kier alpha value is -1.19. The molecule has 1 N–H and O–H groups in total. The van der Waals surface area contributed by atoms with Crippen molar-refractivity contribution >= 4 is 15.9 Å². The molecule has 0 radical (unpaired) electrons. The van der Waals surface area contributed by atoms with Gasteiger partial charge in [-0.3, -0.25) is 0 Å². The van der Waals surface area contributed by atoms with Crippen LogP contribution in [-0.4, -0.2) is 0 Å². The zero-order valence-corrected chi connectivity index (χ0v) is 13.3. The standard InChI is InChI=1S/C17H19BrFN/c1-3-17(13-7-6-8-14(19)11-13)20-12(2)15-9-4-5-10-16(15)18/h4-12,17,20H,3H2,1-2H3/t12-,17?/m1/s1. The van der Waals surface area contributed by atoms with Crippen LogP contribution in [0.5, 0.6) is 0 Å². The quantitative estimate of drug-likeness (QED) is 0.772. The Morgan fingerprint density at radius 2 is 1.90 bits per heavy atom. The number of hydrogen-bond acceptors (Lipinski definition) is 1. The third-order valence-electron chi connectivity index (χ3n) is 3.48. The van der Waals surface area contributed by atoms with Crippen LogP contribution >= 0.6 is 15.9 Å². The van der Waals surface area contributed by atoms with Crippen LogP contribution in [0.3, 0.4) is 0 Å². The van der Waals surface area contributed by atoms with E-state index >= 15 is 0 Å². The van der Waals surface area contributed by atoms with Gasteiger partial charge in [-0.05, 0) is 42.7 Å². The minimum absolute atomic E-state index is 0.146. The number of rotatable bonds is 5. The van der Waals surface area contributed by atoms with Gasteiger partial charge in [0.05, 0.1) is 0 Å². The molecule has 0 amide bonds. The minimum atomic E-state index is -0.184. The van der Waals surface area contributed by atoms with Gasteiger partial charge in [0.2, 0.25) is 0 Å². The van der Waals surface area contributed by atoms with Gasteiger partial charge < -0.3 is 5.32 Å². The van der Waals surface area contributed by atoms with E-state index in [4.69, 9.17) is 0 Å². The topological polar surface area (TPSA) is 12.0 Å². The van der Waals surface area contributed by atoms with E-state index < -0.39 is 0 Å². The summed E-state index contributed by atoms with van der Waals surface area (Å²) in [6.07, 6.45) is 0.915. The smallest absolute Gasteiger partial charge is 0.123 e. The molecule has 0 saturated carbocycles. The lowest BCUT2D eigenvalue weighted by Gasteiger charge is -2.24. The summed E-state index contributed by atoms with van der Waals surface area (Å²) >= 11 is 3.58. The predicted octanol–water partition coefficient (Wildman–Crippen LogP) is 5.39. The second kappa shape index (κ2) is 7.00. The Bertz CT molecular complexity index is 570. The molecule has 0 aliphatic heterocycles. The molecule has 2 atom stereocenters. The van der Waals surface area contributed by atoms with Gasteiger partial charge in [0.25, 0.3) is 0 Å². The second-order valence-electron chi connectivity index (χ2n) is 4.93. The highest BCUT2D eigenvalue weighted by Gasteiger charge is 2.15. The van der Waals surface area contributed by atoms with Crippen LogP contribution in [0, 0.1) is 5.82 Å². The molecule has 106 valence electrons.